The van der Waals surface area contributed by atoms with Gasteiger partial charge >= 0.3 is 11.9 Å². The molecule has 8 nitrogen and oxygen atoms in total. The zero-order valence-electron chi connectivity index (χ0n) is 30.1. The van der Waals surface area contributed by atoms with Gasteiger partial charge in [0.1, 0.15) is 23.7 Å². The van der Waals surface area contributed by atoms with Crippen LogP contribution in [0, 0.1) is 0 Å². The Morgan fingerprint density at radius 1 is 0.600 bits per heavy atom. The quantitative estimate of drug-likeness (QED) is 0.0964. The Balaban J connectivity index is 1.36. The zero-order valence-corrected chi connectivity index (χ0v) is 30.1. The molecule has 8 heteroatoms. The van der Waals surface area contributed by atoms with Gasteiger partial charge in [0, 0.05) is 22.3 Å². The van der Waals surface area contributed by atoms with Crippen LogP contribution >= 0.6 is 0 Å². The Morgan fingerprint density at radius 3 is 1.34 bits per heavy atom. The van der Waals surface area contributed by atoms with Gasteiger partial charge in [-0.1, -0.05) is 64.1 Å². The van der Waals surface area contributed by atoms with Gasteiger partial charge in [-0.05, 0) is 113 Å². The van der Waals surface area contributed by atoms with Gasteiger partial charge in [0.15, 0.2) is 0 Å². The molecule has 0 saturated heterocycles. The predicted molar refractivity (Wildman–Crippen MR) is 194 cm³/mol. The number of carbonyl (C=O) groups is 2. The molecule has 4 unspecified atom stereocenters. The summed E-state index contributed by atoms with van der Waals surface area (Å²) < 4.78 is 24.5. The second kappa shape index (κ2) is 16.7. The van der Waals surface area contributed by atoms with Crippen molar-refractivity contribution in [3.8, 4) is 22.6 Å². The summed E-state index contributed by atoms with van der Waals surface area (Å²) >= 11 is 0. The molecule has 2 aliphatic rings. The zero-order chi connectivity index (χ0) is 35.0. The number of carbonyl (C=O) groups excluding carboxylic acids is 2. The molecular weight excluding hydrogens is 628 g/mol. The molecule has 0 saturated carbocycles. The van der Waals surface area contributed by atoms with Crippen molar-refractivity contribution < 1.29 is 27.9 Å². The lowest BCUT2D eigenvalue weighted by molar-refractivity contribution is -0.179. The first-order valence-corrected chi connectivity index (χ1v) is 18.7. The van der Waals surface area contributed by atoms with Gasteiger partial charge in [-0.15, -0.1) is 0 Å². The monoisotopic (exact) mass is 680 g/mol. The fourth-order valence-corrected chi connectivity index (χ4v) is 8.31. The van der Waals surface area contributed by atoms with E-state index in [1.165, 1.54) is 0 Å². The van der Waals surface area contributed by atoms with Gasteiger partial charge in [0.2, 0.25) is 0 Å². The van der Waals surface area contributed by atoms with Gasteiger partial charge in [0.05, 0.1) is 24.6 Å². The second-order valence-electron chi connectivity index (χ2n) is 13.6. The van der Waals surface area contributed by atoms with Crippen LogP contribution in [0.4, 0.5) is 0 Å². The summed E-state index contributed by atoms with van der Waals surface area (Å²) in [4.78, 5) is 33.2. The summed E-state index contributed by atoms with van der Waals surface area (Å²) in [5.74, 6) is -0.506. The molecule has 4 atom stereocenters. The lowest BCUT2D eigenvalue weighted by Gasteiger charge is -2.42. The number of rotatable bonds is 14. The number of hydrogen-bond donors (Lipinski definition) is 0. The van der Waals surface area contributed by atoms with E-state index in [4.69, 9.17) is 18.3 Å². The molecule has 4 aromatic rings. The molecule has 0 N–H and O–H groups in total. The molecule has 0 spiro atoms. The van der Waals surface area contributed by atoms with Crippen LogP contribution in [0.1, 0.15) is 101 Å². The van der Waals surface area contributed by atoms with Crippen LogP contribution in [0.5, 0.6) is 0 Å². The van der Waals surface area contributed by atoms with Crippen molar-refractivity contribution in [2.75, 3.05) is 26.2 Å². The topological polar surface area (TPSA) is 85.4 Å². The van der Waals surface area contributed by atoms with E-state index in [1.54, 1.807) is 12.5 Å². The summed E-state index contributed by atoms with van der Waals surface area (Å²) in [7, 11) is 0. The summed E-state index contributed by atoms with van der Waals surface area (Å²) in [5.41, 5.74) is 5.80. The molecular formula is C42H52N2O6. The van der Waals surface area contributed by atoms with Gasteiger partial charge < -0.3 is 18.3 Å². The van der Waals surface area contributed by atoms with E-state index in [1.807, 2.05) is 48.5 Å². The van der Waals surface area contributed by atoms with E-state index in [9.17, 15) is 9.59 Å². The molecule has 0 fully saturated rings. The van der Waals surface area contributed by atoms with Gasteiger partial charge in [-0.2, -0.15) is 0 Å². The second-order valence-corrected chi connectivity index (χ2v) is 13.6. The minimum absolute atomic E-state index is 0.0893. The predicted octanol–water partition coefficient (Wildman–Crippen LogP) is 8.95. The van der Waals surface area contributed by atoms with Crippen molar-refractivity contribution in [1.82, 2.24) is 9.80 Å². The fourth-order valence-electron chi connectivity index (χ4n) is 8.31. The van der Waals surface area contributed by atoms with Crippen LogP contribution < -0.4 is 0 Å². The first-order valence-electron chi connectivity index (χ1n) is 18.7. The minimum atomic E-state index is -0.964. The van der Waals surface area contributed by atoms with Crippen LogP contribution in [0.3, 0.4) is 0 Å². The SMILES string of the molecule is CCCN(CCC)C1CCc2cccc(-c3ccco3)c2C1OC(=O)C(=O)OC1c2c(cccc2-c2ccco2)CCC1N(CCC)CCC. The Kier molecular flexibility index (Phi) is 11.9. The van der Waals surface area contributed by atoms with E-state index in [0.717, 1.165) is 111 Å². The Labute approximate surface area is 296 Å². The number of esters is 2. The number of benzene rings is 2. The van der Waals surface area contributed by atoms with E-state index in [2.05, 4.69) is 49.6 Å². The highest BCUT2D eigenvalue weighted by molar-refractivity contribution is 6.29. The van der Waals surface area contributed by atoms with Crippen LogP contribution in [0.2, 0.25) is 0 Å². The van der Waals surface area contributed by atoms with Crippen LogP contribution in [-0.2, 0) is 31.9 Å². The Bertz CT molecular complexity index is 1560. The number of hydrogen-bond acceptors (Lipinski definition) is 8. The molecule has 0 amide bonds. The highest BCUT2D eigenvalue weighted by Crippen LogP contribution is 2.44. The van der Waals surface area contributed by atoms with E-state index >= 15 is 0 Å². The van der Waals surface area contributed by atoms with Crippen molar-refractivity contribution in [2.24, 2.45) is 0 Å². The summed E-state index contributed by atoms with van der Waals surface area (Å²) in [6, 6.07) is 19.7. The standard InChI is InChI=1S/C42H52N2O6/c1-5-23-43(24-6-2)33-21-19-29-13-9-15-31(35-17-11-27-47-35)37(29)39(33)49-41(45)42(46)50-40-34(44(25-7-3)26-8-4)22-20-30-14-10-16-32(38(30)40)36-18-12-28-48-36/h9-18,27-28,33-34,39-40H,5-8,19-26H2,1-4H3. The molecule has 266 valence electrons. The lowest BCUT2D eigenvalue weighted by atomic mass is 9.81. The van der Waals surface area contributed by atoms with Crippen molar-refractivity contribution in [3.63, 3.8) is 0 Å². The van der Waals surface area contributed by atoms with E-state index in [0.29, 0.717) is 11.5 Å². The molecule has 50 heavy (non-hydrogen) atoms. The number of ether oxygens (including phenoxy) is 2. The molecule has 2 heterocycles. The van der Waals surface area contributed by atoms with Crippen LogP contribution in [0.15, 0.2) is 82.0 Å². The maximum Gasteiger partial charge on any atom is 0.418 e. The lowest BCUT2D eigenvalue weighted by Crippen LogP contribution is -2.46. The Morgan fingerprint density at radius 2 is 1.00 bits per heavy atom. The van der Waals surface area contributed by atoms with Gasteiger partial charge in [0.25, 0.3) is 0 Å². The molecule has 2 aliphatic carbocycles. The normalized spacial score (nSPS) is 20.0. The van der Waals surface area contributed by atoms with Crippen molar-refractivity contribution in [2.45, 2.75) is 103 Å². The van der Waals surface area contributed by atoms with Gasteiger partial charge in [-0.25, -0.2) is 9.59 Å². The molecule has 0 aliphatic heterocycles. The third kappa shape index (κ3) is 7.47. The van der Waals surface area contributed by atoms with Crippen LogP contribution in [0.25, 0.3) is 22.6 Å². The minimum Gasteiger partial charge on any atom is -0.464 e. The highest BCUT2D eigenvalue weighted by atomic mass is 16.6. The van der Waals surface area contributed by atoms with Crippen molar-refractivity contribution >= 4 is 11.9 Å². The van der Waals surface area contributed by atoms with Crippen molar-refractivity contribution in [3.05, 3.63) is 95.4 Å². The molecule has 6 rings (SSSR count). The number of aryl methyl sites for hydroxylation is 2. The fraction of sp³-hybridized carbons (Fsp3) is 0.476. The van der Waals surface area contributed by atoms with E-state index < -0.39 is 24.1 Å². The van der Waals surface area contributed by atoms with Gasteiger partial charge in [-0.3, -0.25) is 9.80 Å². The molecule has 2 aromatic carbocycles. The first kappa shape index (κ1) is 35.7. The third-order valence-electron chi connectivity index (χ3n) is 10.3. The number of nitrogens with zero attached hydrogens (tertiary/aromatic N) is 2. The summed E-state index contributed by atoms with van der Waals surface area (Å²) in [5, 5.41) is 0. The third-order valence-corrected chi connectivity index (χ3v) is 10.3. The molecule has 0 radical (unpaired) electrons. The smallest absolute Gasteiger partial charge is 0.418 e. The van der Waals surface area contributed by atoms with Crippen LogP contribution in [-0.4, -0.2) is 60.0 Å². The first-order chi connectivity index (χ1) is 24.5. The molecule has 2 aromatic heterocycles. The van der Waals surface area contributed by atoms with E-state index in [-0.39, 0.29) is 12.1 Å². The summed E-state index contributed by atoms with van der Waals surface area (Å²) in [6.07, 6.45) is 9.19. The summed E-state index contributed by atoms with van der Waals surface area (Å²) in [6.45, 7) is 12.2. The number of furan rings is 2. The maximum absolute atomic E-state index is 14.2. The average molecular weight is 681 g/mol. The largest absolute Gasteiger partial charge is 0.464 e. The maximum atomic E-state index is 14.2. The molecule has 0 bridgehead atoms. The van der Waals surface area contributed by atoms with Crippen molar-refractivity contribution in [1.29, 1.82) is 0 Å². The highest BCUT2D eigenvalue weighted by Gasteiger charge is 2.42. The average Bonchev–Trinajstić information content (AvgIpc) is 3.87. The Hall–Kier alpha value is -4.14. The number of fused-ring (bicyclic) bond motifs is 2.